The van der Waals surface area contributed by atoms with Crippen LogP contribution in [0.3, 0.4) is 0 Å². The Morgan fingerprint density at radius 3 is 2.35 bits per heavy atom. The molecule has 1 fully saturated rings. The van der Waals surface area contributed by atoms with Gasteiger partial charge in [0.25, 0.3) is 0 Å². The number of hydrogen-bond acceptors (Lipinski definition) is 6. The van der Waals surface area contributed by atoms with Gasteiger partial charge in [-0.25, -0.2) is 9.97 Å². The maximum atomic E-state index is 12.3. The molecule has 8 heteroatoms. The fourth-order valence-corrected chi connectivity index (χ4v) is 3.97. The van der Waals surface area contributed by atoms with Gasteiger partial charge in [0.1, 0.15) is 0 Å². The first-order valence-corrected chi connectivity index (χ1v) is 11.5. The van der Waals surface area contributed by atoms with Crippen LogP contribution in [-0.4, -0.2) is 52.9 Å². The third kappa shape index (κ3) is 5.70. The standard InChI is InChI=1S/C26H30N6O2/c1-18(2)25(34)32-15-13-31(14-16-32)23-6-4-5-22(17-23)29-26-27-12-11-24(30-26)20-7-9-21(10-8-20)28-19(3)33/h4-12,17-18H,13-16H2,1-3H3,(H,28,33)(H,27,29,30). The average Bonchev–Trinajstić information content (AvgIpc) is 2.84. The van der Waals surface area contributed by atoms with Gasteiger partial charge < -0.3 is 20.4 Å². The van der Waals surface area contributed by atoms with Gasteiger partial charge in [-0.05, 0) is 36.4 Å². The van der Waals surface area contributed by atoms with E-state index in [2.05, 4.69) is 37.6 Å². The van der Waals surface area contributed by atoms with Gasteiger partial charge in [-0.1, -0.05) is 32.0 Å². The molecule has 0 unspecified atom stereocenters. The van der Waals surface area contributed by atoms with Crippen molar-refractivity contribution in [3.8, 4) is 11.3 Å². The van der Waals surface area contributed by atoms with Gasteiger partial charge in [-0.3, -0.25) is 9.59 Å². The molecule has 0 saturated carbocycles. The minimum Gasteiger partial charge on any atom is -0.368 e. The van der Waals surface area contributed by atoms with Crippen LogP contribution in [0.4, 0.5) is 23.0 Å². The molecule has 0 radical (unpaired) electrons. The van der Waals surface area contributed by atoms with E-state index in [1.165, 1.54) is 6.92 Å². The lowest BCUT2D eigenvalue weighted by atomic mass is 10.1. The van der Waals surface area contributed by atoms with Crippen molar-refractivity contribution in [2.24, 2.45) is 5.92 Å². The molecule has 0 bridgehead atoms. The molecule has 1 aliphatic rings. The molecule has 4 rings (SSSR count). The van der Waals surface area contributed by atoms with E-state index in [1.54, 1.807) is 6.20 Å². The van der Waals surface area contributed by atoms with Crippen LogP contribution < -0.4 is 15.5 Å². The van der Waals surface area contributed by atoms with Crippen LogP contribution in [0.15, 0.2) is 60.8 Å². The lowest BCUT2D eigenvalue weighted by Crippen LogP contribution is -2.49. The van der Waals surface area contributed by atoms with Crippen LogP contribution in [0, 0.1) is 5.92 Å². The Kier molecular flexibility index (Phi) is 7.06. The van der Waals surface area contributed by atoms with E-state index < -0.39 is 0 Å². The Morgan fingerprint density at radius 1 is 0.941 bits per heavy atom. The monoisotopic (exact) mass is 458 g/mol. The van der Waals surface area contributed by atoms with E-state index in [0.29, 0.717) is 5.95 Å². The molecule has 2 amide bonds. The second kappa shape index (κ2) is 10.3. The third-order valence-electron chi connectivity index (χ3n) is 5.71. The minimum absolute atomic E-state index is 0.0324. The molecule has 2 heterocycles. The first kappa shape index (κ1) is 23.2. The zero-order valence-electron chi connectivity index (χ0n) is 19.8. The van der Waals surface area contributed by atoms with Crippen molar-refractivity contribution in [2.45, 2.75) is 20.8 Å². The number of hydrogen-bond donors (Lipinski definition) is 2. The number of piperazine rings is 1. The quantitative estimate of drug-likeness (QED) is 0.577. The van der Waals surface area contributed by atoms with E-state index >= 15 is 0 Å². The fraction of sp³-hybridized carbons (Fsp3) is 0.308. The van der Waals surface area contributed by atoms with E-state index in [0.717, 1.165) is 54.5 Å². The molecule has 1 aromatic heterocycles. The van der Waals surface area contributed by atoms with Crippen molar-refractivity contribution >= 4 is 34.8 Å². The van der Waals surface area contributed by atoms with Crippen molar-refractivity contribution in [3.05, 3.63) is 60.8 Å². The summed E-state index contributed by atoms with van der Waals surface area (Å²) in [6.45, 7) is 8.47. The number of amides is 2. The van der Waals surface area contributed by atoms with Crippen LogP contribution in [0.5, 0.6) is 0 Å². The number of anilines is 4. The summed E-state index contributed by atoms with van der Waals surface area (Å²) >= 11 is 0. The van der Waals surface area contributed by atoms with Gasteiger partial charge in [0.15, 0.2) is 0 Å². The lowest BCUT2D eigenvalue weighted by molar-refractivity contribution is -0.134. The first-order chi connectivity index (χ1) is 16.4. The first-order valence-electron chi connectivity index (χ1n) is 11.5. The van der Waals surface area contributed by atoms with Gasteiger partial charge >= 0.3 is 0 Å². The molecule has 0 atom stereocenters. The normalized spacial score (nSPS) is 13.6. The highest BCUT2D eigenvalue weighted by Gasteiger charge is 2.23. The van der Waals surface area contributed by atoms with Crippen molar-refractivity contribution in [1.82, 2.24) is 14.9 Å². The van der Waals surface area contributed by atoms with Gasteiger partial charge in [-0.15, -0.1) is 0 Å². The van der Waals surface area contributed by atoms with E-state index in [9.17, 15) is 9.59 Å². The summed E-state index contributed by atoms with van der Waals surface area (Å²) in [7, 11) is 0. The summed E-state index contributed by atoms with van der Waals surface area (Å²) < 4.78 is 0. The van der Waals surface area contributed by atoms with E-state index in [1.807, 2.05) is 61.2 Å². The number of rotatable bonds is 6. The maximum Gasteiger partial charge on any atom is 0.227 e. The summed E-state index contributed by atoms with van der Waals surface area (Å²) in [4.78, 5) is 36.7. The molecule has 0 spiro atoms. The summed E-state index contributed by atoms with van der Waals surface area (Å²) in [5.74, 6) is 0.657. The molecule has 8 nitrogen and oxygen atoms in total. The summed E-state index contributed by atoms with van der Waals surface area (Å²) in [5.41, 5.74) is 4.47. The Morgan fingerprint density at radius 2 is 1.68 bits per heavy atom. The predicted molar refractivity (Wildman–Crippen MR) is 135 cm³/mol. The van der Waals surface area contributed by atoms with Gasteiger partial charge in [0, 0.05) is 67.8 Å². The maximum absolute atomic E-state index is 12.3. The molecule has 3 aromatic rings. The lowest BCUT2D eigenvalue weighted by Gasteiger charge is -2.37. The number of nitrogens with zero attached hydrogens (tertiary/aromatic N) is 4. The summed E-state index contributed by atoms with van der Waals surface area (Å²) in [6.07, 6.45) is 1.72. The van der Waals surface area contributed by atoms with Crippen molar-refractivity contribution in [1.29, 1.82) is 0 Å². The molecule has 2 N–H and O–H groups in total. The molecule has 2 aromatic carbocycles. The van der Waals surface area contributed by atoms with Gasteiger partial charge in [0.2, 0.25) is 17.8 Å². The van der Waals surface area contributed by atoms with Crippen LogP contribution >= 0.6 is 0 Å². The van der Waals surface area contributed by atoms with Crippen LogP contribution in [0.1, 0.15) is 20.8 Å². The van der Waals surface area contributed by atoms with Crippen molar-refractivity contribution in [2.75, 3.05) is 41.7 Å². The van der Waals surface area contributed by atoms with Crippen LogP contribution in [-0.2, 0) is 9.59 Å². The highest BCUT2D eigenvalue weighted by molar-refractivity contribution is 5.89. The second-order valence-corrected chi connectivity index (χ2v) is 8.67. The van der Waals surface area contributed by atoms with E-state index in [4.69, 9.17) is 0 Å². The predicted octanol–water partition coefficient (Wildman–Crippen LogP) is 4.15. The Labute approximate surface area is 200 Å². The largest absolute Gasteiger partial charge is 0.368 e. The smallest absolute Gasteiger partial charge is 0.227 e. The minimum atomic E-state index is -0.102. The molecule has 176 valence electrons. The van der Waals surface area contributed by atoms with Gasteiger partial charge in [0.05, 0.1) is 5.69 Å². The molecule has 34 heavy (non-hydrogen) atoms. The number of nitrogens with one attached hydrogen (secondary N) is 2. The Balaban J connectivity index is 1.43. The van der Waals surface area contributed by atoms with E-state index in [-0.39, 0.29) is 17.7 Å². The van der Waals surface area contributed by atoms with Gasteiger partial charge in [-0.2, -0.15) is 0 Å². The highest BCUT2D eigenvalue weighted by Crippen LogP contribution is 2.25. The number of carbonyl (C=O) groups excluding carboxylic acids is 2. The molecule has 1 aliphatic heterocycles. The third-order valence-corrected chi connectivity index (χ3v) is 5.71. The number of carbonyl (C=O) groups is 2. The zero-order chi connectivity index (χ0) is 24.1. The summed E-state index contributed by atoms with van der Waals surface area (Å²) in [5, 5.41) is 6.07. The van der Waals surface area contributed by atoms with Crippen molar-refractivity contribution in [3.63, 3.8) is 0 Å². The number of aromatic nitrogens is 2. The molecular weight excluding hydrogens is 428 g/mol. The fourth-order valence-electron chi connectivity index (χ4n) is 3.97. The molecular formula is C26H30N6O2. The SMILES string of the molecule is CC(=O)Nc1ccc(-c2ccnc(Nc3cccc(N4CCN(C(=O)C(C)C)CC4)c3)n2)cc1. The second-order valence-electron chi connectivity index (χ2n) is 8.67. The average molecular weight is 459 g/mol. The molecule has 1 saturated heterocycles. The highest BCUT2D eigenvalue weighted by atomic mass is 16.2. The topological polar surface area (TPSA) is 90.5 Å². The van der Waals surface area contributed by atoms with Crippen molar-refractivity contribution < 1.29 is 9.59 Å². The van der Waals surface area contributed by atoms with Crippen LogP contribution in [0.25, 0.3) is 11.3 Å². The Bertz CT molecular complexity index is 1150. The van der Waals surface area contributed by atoms with Crippen LogP contribution in [0.2, 0.25) is 0 Å². The zero-order valence-corrected chi connectivity index (χ0v) is 19.8. The number of benzene rings is 2. The molecule has 0 aliphatic carbocycles. The summed E-state index contributed by atoms with van der Waals surface area (Å²) in [6, 6.07) is 17.6. The Hall–Kier alpha value is -3.94.